The summed E-state index contributed by atoms with van der Waals surface area (Å²) in [5, 5.41) is 5.53. The molecule has 1 N–H and O–H groups in total. The van der Waals surface area contributed by atoms with Crippen molar-refractivity contribution in [2.24, 2.45) is 0 Å². The number of thiophene rings is 1. The normalized spacial score (nSPS) is 10.3. The van der Waals surface area contributed by atoms with Crippen LogP contribution in [-0.4, -0.2) is 0 Å². The van der Waals surface area contributed by atoms with E-state index in [4.69, 9.17) is 0 Å². The number of rotatable bonds is 4. The first-order valence-electron chi connectivity index (χ1n) is 4.72. The van der Waals surface area contributed by atoms with Crippen LogP contribution in [0.5, 0.6) is 0 Å². The van der Waals surface area contributed by atoms with E-state index >= 15 is 0 Å². The molecule has 0 saturated carbocycles. The zero-order valence-electron chi connectivity index (χ0n) is 7.94. The fourth-order valence-electron chi connectivity index (χ4n) is 1.34. The molecule has 0 aliphatic rings. The Morgan fingerprint density at radius 2 is 1.79 bits per heavy atom. The van der Waals surface area contributed by atoms with Gasteiger partial charge in [-0.05, 0) is 17.0 Å². The molecule has 0 fully saturated rings. The van der Waals surface area contributed by atoms with Crippen LogP contribution in [0.4, 0.5) is 0 Å². The molecule has 1 heterocycles. The molecule has 0 aliphatic heterocycles. The van der Waals surface area contributed by atoms with Crippen LogP contribution in [0, 0.1) is 0 Å². The van der Waals surface area contributed by atoms with E-state index in [1.807, 2.05) is 6.07 Å². The van der Waals surface area contributed by atoms with Crippen molar-refractivity contribution >= 4 is 11.3 Å². The number of hydrogen-bond donors (Lipinski definition) is 1. The van der Waals surface area contributed by atoms with Gasteiger partial charge in [-0.15, -0.1) is 11.3 Å². The molecule has 14 heavy (non-hydrogen) atoms. The SMILES string of the molecule is c1ccc(CNCc2cccs2)cc1. The lowest BCUT2D eigenvalue weighted by Crippen LogP contribution is -2.11. The molecule has 0 unspecified atom stereocenters. The van der Waals surface area contributed by atoms with Gasteiger partial charge in [0.1, 0.15) is 0 Å². The molecule has 2 heteroatoms. The Hall–Kier alpha value is -1.12. The zero-order valence-corrected chi connectivity index (χ0v) is 8.76. The van der Waals surface area contributed by atoms with E-state index in [1.165, 1.54) is 10.4 Å². The summed E-state index contributed by atoms with van der Waals surface area (Å²) >= 11 is 1.80. The third-order valence-corrected chi connectivity index (χ3v) is 2.93. The van der Waals surface area contributed by atoms with Crippen LogP contribution in [0.15, 0.2) is 47.8 Å². The van der Waals surface area contributed by atoms with Gasteiger partial charge in [-0.2, -0.15) is 0 Å². The molecule has 2 aromatic rings. The first-order chi connectivity index (χ1) is 6.95. The van der Waals surface area contributed by atoms with E-state index in [-0.39, 0.29) is 0 Å². The summed E-state index contributed by atoms with van der Waals surface area (Å²) in [6, 6.07) is 14.7. The van der Waals surface area contributed by atoms with Gasteiger partial charge in [-0.25, -0.2) is 0 Å². The van der Waals surface area contributed by atoms with Crippen molar-refractivity contribution < 1.29 is 0 Å². The van der Waals surface area contributed by atoms with E-state index in [9.17, 15) is 0 Å². The fraction of sp³-hybridized carbons (Fsp3) is 0.167. The van der Waals surface area contributed by atoms with Crippen molar-refractivity contribution in [1.82, 2.24) is 5.32 Å². The van der Waals surface area contributed by atoms with Gasteiger partial charge in [0, 0.05) is 18.0 Å². The Labute approximate surface area is 88.4 Å². The first kappa shape index (κ1) is 9.44. The summed E-state index contributed by atoms with van der Waals surface area (Å²) in [6.45, 7) is 1.91. The second-order valence-electron chi connectivity index (χ2n) is 3.17. The predicted octanol–water partition coefficient (Wildman–Crippen LogP) is 3.04. The number of hydrogen-bond acceptors (Lipinski definition) is 2. The molecule has 1 aromatic heterocycles. The second-order valence-corrected chi connectivity index (χ2v) is 4.20. The van der Waals surface area contributed by atoms with Gasteiger partial charge >= 0.3 is 0 Å². The van der Waals surface area contributed by atoms with Crippen molar-refractivity contribution in [3.8, 4) is 0 Å². The minimum Gasteiger partial charge on any atom is -0.308 e. The summed E-state index contributed by atoms with van der Waals surface area (Å²) < 4.78 is 0. The summed E-state index contributed by atoms with van der Waals surface area (Å²) in [5.74, 6) is 0. The van der Waals surface area contributed by atoms with Gasteiger partial charge in [-0.3, -0.25) is 0 Å². The Morgan fingerprint density at radius 1 is 0.929 bits per heavy atom. The summed E-state index contributed by atoms with van der Waals surface area (Å²) in [7, 11) is 0. The maximum Gasteiger partial charge on any atom is 0.0302 e. The van der Waals surface area contributed by atoms with Gasteiger partial charge in [0.2, 0.25) is 0 Å². The highest BCUT2D eigenvalue weighted by atomic mass is 32.1. The van der Waals surface area contributed by atoms with Crippen LogP contribution in [0.2, 0.25) is 0 Å². The third-order valence-electron chi connectivity index (χ3n) is 2.05. The quantitative estimate of drug-likeness (QED) is 0.805. The Bertz CT molecular complexity index is 353. The maximum absolute atomic E-state index is 3.41. The molecular formula is C12H13NS. The summed E-state index contributed by atoms with van der Waals surface area (Å²) in [4.78, 5) is 1.39. The Kier molecular flexibility index (Phi) is 3.33. The van der Waals surface area contributed by atoms with Crippen molar-refractivity contribution in [3.63, 3.8) is 0 Å². The molecule has 0 saturated heterocycles. The molecule has 0 amide bonds. The minimum atomic E-state index is 0.943. The van der Waals surface area contributed by atoms with Gasteiger partial charge in [-0.1, -0.05) is 36.4 Å². The molecule has 0 bridgehead atoms. The molecule has 1 nitrogen and oxygen atoms in total. The molecule has 2 rings (SSSR count). The minimum absolute atomic E-state index is 0.943. The van der Waals surface area contributed by atoms with Gasteiger partial charge < -0.3 is 5.32 Å². The highest BCUT2D eigenvalue weighted by Gasteiger charge is 1.93. The topological polar surface area (TPSA) is 12.0 Å². The van der Waals surface area contributed by atoms with Crippen LogP contribution >= 0.6 is 11.3 Å². The lowest BCUT2D eigenvalue weighted by Gasteiger charge is -2.02. The maximum atomic E-state index is 3.41. The molecule has 0 atom stereocenters. The predicted molar refractivity (Wildman–Crippen MR) is 61.3 cm³/mol. The largest absolute Gasteiger partial charge is 0.308 e. The average Bonchev–Trinajstić information content (AvgIpc) is 2.72. The van der Waals surface area contributed by atoms with Crippen LogP contribution in [0.25, 0.3) is 0 Å². The molecule has 72 valence electrons. The van der Waals surface area contributed by atoms with Crippen LogP contribution in [0.3, 0.4) is 0 Å². The second kappa shape index (κ2) is 4.94. The van der Waals surface area contributed by atoms with Crippen LogP contribution in [-0.2, 0) is 13.1 Å². The molecule has 1 aromatic carbocycles. The van der Waals surface area contributed by atoms with Crippen LogP contribution in [0.1, 0.15) is 10.4 Å². The Balaban J connectivity index is 1.79. The van der Waals surface area contributed by atoms with Crippen molar-refractivity contribution in [3.05, 3.63) is 58.3 Å². The highest BCUT2D eigenvalue weighted by Crippen LogP contribution is 2.07. The number of benzene rings is 1. The smallest absolute Gasteiger partial charge is 0.0302 e. The molecular weight excluding hydrogens is 190 g/mol. The fourth-order valence-corrected chi connectivity index (χ4v) is 2.01. The third kappa shape index (κ3) is 2.69. The Morgan fingerprint density at radius 3 is 2.50 bits per heavy atom. The molecule has 0 aliphatic carbocycles. The van der Waals surface area contributed by atoms with E-state index in [2.05, 4.69) is 47.1 Å². The lowest BCUT2D eigenvalue weighted by atomic mass is 10.2. The monoisotopic (exact) mass is 203 g/mol. The zero-order chi connectivity index (χ0) is 9.64. The van der Waals surface area contributed by atoms with Gasteiger partial charge in [0.05, 0.1) is 0 Å². The van der Waals surface area contributed by atoms with Crippen molar-refractivity contribution in [1.29, 1.82) is 0 Å². The van der Waals surface area contributed by atoms with E-state index < -0.39 is 0 Å². The standard InChI is InChI=1S/C12H13NS/c1-2-5-11(6-3-1)9-13-10-12-7-4-8-14-12/h1-8,13H,9-10H2. The van der Waals surface area contributed by atoms with Gasteiger partial charge in [0.25, 0.3) is 0 Å². The highest BCUT2D eigenvalue weighted by molar-refractivity contribution is 7.09. The van der Waals surface area contributed by atoms with E-state index in [0.29, 0.717) is 0 Å². The summed E-state index contributed by atoms with van der Waals surface area (Å²) in [5.41, 5.74) is 1.34. The van der Waals surface area contributed by atoms with E-state index in [1.54, 1.807) is 11.3 Å². The summed E-state index contributed by atoms with van der Waals surface area (Å²) in [6.07, 6.45) is 0. The molecule has 0 radical (unpaired) electrons. The number of nitrogens with one attached hydrogen (secondary N) is 1. The average molecular weight is 203 g/mol. The van der Waals surface area contributed by atoms with Crippen LogP contribution < -0.4 is 5.32 Å². The lowest BCUT2D eigenvalue weighted by molar-refractivity contribution is 0.701. The van der Waals surface area contributed by atoms with E-state index in [0.717, 1.165) is 13.1 Å². The van der Waals surface area contributed by atoms with Gasteiger partial charge in [0.15, 0.2) is 0 Å². The van der Waals surface area contributed by atoms with Crippen molar-refractivity contribution in [2.45, 2.75) is 13.1 Å². The first-order valence-corrected chi connectivity index (χ1v) is 5.60. The van der Waals surface area contributed by atoms with Crippen molar-refractivity contribution in [2.75, 3.05) is 0 Å². The molecule has 0 spiro atoms.